The first-order valence-electron chi connectivity index (χ1n) is 10.8. The standard InChI is InChI=1S/C26H27NO3/c1-18-9-8-12-20(16-15-18)25-24-23(30-27(25)21-13-6-3-7-14-21)17-22(29-26(24)28)19-10-4-2-5-11-19/h2-14,18,22-25H,15-17H2,1H3. The molecule has 3 aliphatic rings. The molecule has 0 radical (unpaired) electrons. The van der Waals surface area contributed by atoms with E-state index in [0.717, 1.165) is 24.1 Å². The minimum atomic E-state index is -0.321. The van der Waals surface area contributed by atoms with Crippen LogP contribution in [0, 0.1) is 11.8 Å². The summed E-state index contributed by atoms with van der Waals surface area (Å²) >= 11 is 0. The molecule has 0 N–H and O–H groups in total. The molecule has 0 amide bonds. The van der Waals surface area contributed by atoms with Crippen LogP contribution < -0.4 is 5.06 Å². The molecule has 4 nitrogen and oxygen atoms in total. The van der Waals surface area contributed by atoms with E-state index in [2.05, 4.69) is 25.2 Å². The number of benzene rings is 2. The molecule has 2 aromatic carbocycles. The summed E-state index contributed by atoms with van der Waals surface area (Å²) in [5.74, 6) is 0.0479. The third-order valence-corrected chi connectivity index (χ3v) is 6.42. The molecular weight excluding hydrogens is 374 g/mol. The number of hydrogen-bond donors (Lipinski definition) is 0. The van der Waals surface area contributed by atoms with Crippen molar-refractivity contribution in [3.63, 3.8) is 0 Å². The second-order valence-corrected chi connectivity index (χ2v) is 8.49. The molecule has 30 heavy (non-hydrogen) atoms. The van der Waals surface area contributed by atoms with Crippen LogP contribution in [0.5, 0.6) is 0 Å². The molecule has 154 valence electrons. The van der Waals surface area contributed by atoms with Crippen molar-refractivity contribution in [2.75, 3.05) is 5.06 Å². The van der Waals surface area contributed by atoms with Gasteiger partial charge in [0.2, 0.25) is 0 Å². The summed E-state index contributed by atoms with van der Waals surface area (Å²) in [6, 6.07) is 19.9. The molecule has 0 spiro atoms. The van der Waals surface area contributed by atoms with Gasteiger partial charge in [0.15, 0.2) is 0 Å². The SMILES string of the molecule is CC1C=CC=C(C2C3C(=O)OC(c4ccccc4)CC3ON2c2ccccc2)CC1. The average Bonchev–Trinajstić information content (AvgIpc) is 3.04. The first-order valence-corrected chi connectivity index (χ1v) is 10.8. The van der Waals surface area contributed by atoms with Crippen molar-refractivity contribution in [1.82, 2.24) is 0 Å². The van der Waals surface area contributed by atoms with Gasteiger partial charge in [0, 0.05) is 6.42 Å². The summed E-state index contributed by atoms with van der Waals surface area (Å²) in [5.41, 5.74) is 3.23. The summed E-state index contributed by atoms with van der Waals surface area (Å²) in [5, 5.41) is 1.96. The lowest BCUT2D eigenvalue weighted by Gasteiger charge is -2.32. The van der Waals surface area contributed by atoms with Crippen LogP contribution in [0.4, 0.5) is 5.69 Å². The summed E-state index contributed by atoms with van der Waals surface area (Å²) in [6.07, 6.45) is 8.76. The van der Waals surface area contributed by atoms with Crippen LogP contribution in [0.15, 0.2) is 84.5 Å². The maximum Gasteiger partial charge on any atom is 0.314 e. The van der Waals surface area contributed by atoms with E-state index in [9.17, 15) is 4.79 Å². The lowest BCUT2D eigenvalue weighted by atomic mass is 9.82. The highest BCUT2D eigenvalue weighted by molar-refractivity contribution is 5.78. The highest BCUT2D eigenvalue weighted by Crippen LogP contribution is 2.45. The molecule has 2 aromatic rings. The minimum Gasteiger partial charge on any atom is -0.457 e. The topological polar surface area (TPSA) is 38.8 Å². The van der Waals surface area contributed by atoms with Crippen molar-refractivity contribution in [3.05, 3.63) is 90.0 Å². The predicted molar refractivity (Wildman–Crippen MR) is 117 cm³/mol. The van der Waals surface area contributed by atoms with Gasteiger partial charge in [0.1, 0.15) is 18.1 Å². The smallest absolute Gasteiger partial charge is 0.314 e. The number of hydrogen-bond acceptors (Lipinski definition) is 4. The largest absolute Gasteiger partial charge is 0.457 e. The van der Waals surface area contributed by atoms with Crippen molar-refractivity contribution in [3.8, 4) is 0 Å². The van der Waals surface area contributed by atoms with Gasteiger partial charge in [0.25, 0.3) is 0 Å². The number of cyclic esters (lactones) is 1. The summed E-state index contributed by atoms with van der Waals surface area (Å²) < 4.78 is 5.95. The van der Waals surface area contributed by atoms with Crippen LogP contribution in [0.2, 0.25) is 0 Å². The van der Waals surface area contributed by atoms with Crippen molar-refractivity contribution >= 4 is 11.7 Å². The monoisotopic (exact) mass is 401 g/mol. The van der Waals surface area contributed by atoms with E-state index >= 15 is 0 Å². The highest BCUT2D eigenvalue weighted by atomic mass is 16.7. The van der Waals surface area contributed by atoms with Crippen LogP contribution >= 0.6 is 0 Å². The zero-order valence-corrected chi connectivity index (χ0v) is 17.2. The van der Waals surface area contributed by atoms with E-state index in [0.29, 0.717) is 12.3 Å². The number of rotatable bonds is 3. The van der Waals surface area contributed by atoms with Gasteiger partial charge in [-0.3, -0.25) is 9.63 Å². The average molecular weight is 402 g/mol. The van der Waals surface area contributed by atoms with Gasteiger partial charge in [-0.2, -0.15) is 0 Å². The molecule has 5 atom stereocenters. The Labute approximate surface area is 177 Å². The van der Waals surface area contributed by atoms with Gasteiger partial charge in [-0.1, -0.05) is 73.7 Å². The summed E-state index contributed by atoms with van der Waals surface area (Å²) in [4.78, 5) is 19.7. The zero-order valence-electron chi connectivity index (χ0n) is 17.2. The van der Waals surface area contributed by atoms with E-state index < -0.39 is 0 Å². The first-order chi connectivity index (χ1) is 14.7. The molecule has 0 aromatic heterocycles. The highest BCUT2D eigenvalue weighted by Gasteiger charge is 2.53. The lowest BCUT2D eigenvalue weighted by molar-refractivity contribution is -0.167. The summed E-state index contributed by atoms with van der Waals surface area (Å²) in [7, 11) is 0. The normalized spacial score (nSPS) is 31.0. The molecular formula is C26H27NO3. The number of carbonyl (C=O) groups excluding carboxylic acids is 1. The number of fused-ring (bicyclic) bond motifs is 1. The van der Waals surface area contributed by atoms with Gasteiger partial charge in [-0.15, -0.1) is 0 Å². The Bertz CT molecular complexity index is 953. The molecule has 0 bridgehead atoms. The Hall–Kier alpha value is -2.85. The molecule has 2 aliphatic heterocycles. The molecule has 4 heteroatoms. The maximum absolute atomic E-state index is 13.3. The van der Waals surface area contributed by atoms with Crippen molar-refractivity contribution < 1.29 is 14.4 Å². The minimum absolute atomic E-state index is 0.142. The fraction of sp³-hybridized carbons (Fsp3) is 0.346. The predicted octanol–water partition coefficient (Wildman–Crippen LogP) is 5.39. The maximum atomic E-state index is 13.3. The Balaban J connectivity index is 1.49. The van der Waals surface area contributed by atoms with Crippen molar-refractivity contribution in [1.29, 1.82) is 0 Å². The molecule has 2 fully saturated rings. The Morgan fingerprint density at radius 1 is 1.00 bits per heavy atom. The van der Waals surface area contributed by atoms with Crippen LogP contribution in [0.3, 0.4) is 0 Å². The van der Waals surface area contributed by atoms with Gasteiger partial charge < -0.3 is 4.74 Å². The number of para-hydroxylation sites is 1. The van der Waals surface area contributed by atoms with Crippen LogP contribution in [-0.2, 0) is 14.4 Å². The Morgan fingerprint density at radius 3 is 2.50 bits per heavy atom. The fourth-order valence-corrected chi connectivity index (χ4v) is 4.81. The molecule has 1 aliphatic carbocycles. The molecule has 5 rings (SSSR count). The fourth-order valence-electron chi connectivity index (χ4n) is 4.81. The Morgan fingerprint density at radius 2 is 1.73 bits per heavy atom. The van der Waals surface area contributed by atoms with E-state index in [1.54, 1.807) is 0 Å². The van der Waals surface area contributed by atoms with Crippen LogP contribution in [0.1, 0.15) is 37.9 Å². The molecule has 5 unspecified atom stereocenters. The van der Waals surface area contributed by atoms with Gasteiger partial charge in [0.05, 0.1) is 11.7 Å². The third-order valence-electron chi connectivity index (χ3n) is 6.42. The number of nitrogens with zero attached hydrogens (tertiary/aromatic N) is 1. The Kier molecular flexibility index (Phi) is 5.17. The van der Waals surface area contributed by atoms with E-state index in [-0.39, 0.29) is 30.1 Å². The summed E-state index contributed by atoms with van der Waals surface area (Å²) in [6.45, 7) is 2.23. The first kappa shape index (κ1) is 19.1. The van der Waals surface area contributed by atoms with Crippen molar-refractivity contribution in [2.24, 2.45) is 11.8 Å². The number of anilines is 1. The lowest BCUT2D eigenvalue weighted by Crippen LogP contribution is -2.42. The number of hydroxylamine groups is 1. The van der Waals surface area contributed by atoms with Gasteiger partial charge in [-0.05, 0) is 42.0 Å². The van der Waals surface area contributed by atoms with E-state index in [4.69, 9.17) is 9.57 Å². The van der Waals surface area contributed by atoms with Crippen LogP contribution in [-0.4, -0.2) is 18.1 Å². The second-order valence-electron chi connectivity index (χ2n) is 8.49. The van der Waals surface area contributed by atoms with Crippen molar-refractivity contribution in [2.45, 2.75) is 44.4 Å². The number of carbonyl (C=O) groups is 1. The molecule has 0 saturated carbocycles. The molecule has 2 heterocycles. The quantitative estimate of drug-likeness (QED) is 0.646. The van der Waals surface area contributed by atoms with Gasteiger partial charge >= 0.3 is 5.97 Å². The van der Waals surface area contributed by atoms with Gasteiger partial charge in [-0.25, -0.2) is 5.06 Å². The number of ether oxygens (including phenoxy) is 1. The molecule has 2 saturated heterocycles. The number of esters is 1. The zero-order chi connectivity index (χ0) is 20.5. The number of allylic oxidation sites excluding steroid dienone is 3. The second kappa shape index (κ2) is 8.11. The third kappa shape index (κ3) is 3.56. The van der Waals surface area contributed by atoms with E-state index in [1.807, 2.05) is 65.7 Å². The van der Waals surface area contributed by atoms with E-state index in [1.165, 1.54) is 5.57 Å². The van der Waals surface area contributed by atoms with Crippen LogP contribution in [0.25, 0.3) is 0 Å².